The predicted molar refractivity (Wildman–Crippen MR) is 89.3 cm³/mol. The van der Waals surface area contributed by atoms with Crippen molar-refractivity contribution in [3.63, 3.8) is 0 Å². The molecule has 21 heavy (non-hydrogen) atoms. The molecule has 0 spiro atoms. The third kappa shape index (κ3) is 3.33. The molecule has 0 saturated carbocycles. The van der Waals surface area contributed by atoms with Crippen molar-refractivity contribution in [3.8, 4) is 0 Å². The first-order chi connectivity index (χ1) is 10.3. The summed E-state index contributed by atoms with van der Waals surface area (Å²) < 4.78 is 2.22. The van der Waals surface area contributed by atoms with Gasteiger partial charge in [-0.25, -0.2) is 15.0 Å². The first-order valence-electron chi connectivity index (χ1n) is 6.93. The van der Waals surface area contributed by atoms with Crippen LogP contribution in [-0.2, 0) is 6.42 Å². The van der Waals surface area contributed by atoms with Crippen molar-refractivity contribution in [2.75, 3.05) is 11.9 Å². The molecule has 4 nitrogen and oxygen atoms in total. The summed E-state index contributed by atoms with van der Waals surface area (Å²) in [6.07, 6.45) is 0.826. The van der Waals surface area contributed by atoms with Crippen LogP contribution in [0.15, 0.2) is 39.7 Å². The van der Waals surface area contributed by atoms with E-state index in [0.29, 0.717) is 0 Å². The lowest BCUT2D eigenvalue weighted by Crippen LogP contribution is -2.03. The van der Waals surface area contributed by atoms with Crippen molar-refractivity contribution in [1.29, 1.82) is 0 Å². The highest BCUT2D eigenvalue weighted by Gasteiger charge is 2.09. The van der Waals surface area contributed by atoms with Gasteiger partial charge in [-0.15, -0.1) is 11.3 Å². The molecule has 0 fully saturated rings. The van der Waals surface area contributed by atoms with Crippen molar-refractivity contribution in [1.82, 2.24) is 15.0 Å². The Balaban J connectivity index is 1.90. The number of fused-ring (bicyclic) bond motifs is 1. The fourth-order valence-electron chi connectivity index (χ4n) is 1.94. The molecule has 3 aromatic rings. The van der Waals surface area contributed by atoms with Crippen molar-refractivity contribution >= 4 is 39.1 Å². The molecule has 0 amide bonds. The second-order valence-corrected chi connectivity index (χ2v) is 6.74. The fraction of sp³-hybridized carbons (Fsp3) is 0.267. The second kappa shape index (κ2) is 6.41. The summed E-state index contributed by atoms with van der Waals surface area (Å²) in [5, 5.41) is 4.20. The van der Waals surface area contributed by atoms with Crippen LogP contribution in [-0.4, -0.2) is 21.5 Å². The molecular formula is C15H16N4S2. The van der Waals surface area contributed by atoms with E-state index < -0.39 is 0 Å². The summed E-state index contributed by atoms with van der Waals surface area (Å²) >= 11 is 3.30. The van der Waals surface area contributed by atoms with Crippen LogP contribution in [0.25, 0.3) is 10.2 Å². The summed E-state index contributed by atoms with van der Waals surface area (Å²) in [5.74, 6) is 1.74. The molecule has 0 unspecified atom stereocenters. The first kappa shape index (κ1) is 14.3. The van der Waals surface area contributed by atoms with E-state index in [1.54, 1.807) is 23.1 Å². The van der Waals surface area contributed by atoms with Gasteiger partial charge in [-0.3, -0.25) is 0 Å². The molecular weight excluding hydrogens is 300 g/mol. The topological polar surface area (TPSA) is 50.7 Å². The van der Waals surface area contributed by atoms with Crippen LogP contribution in [0.3, 0.4) is 0 Å². The number of benzene rings is 1. The Labute approximate surface area is 132 Å². The van der Waals surface area contributed by atoms with Gasteiger partial charge < -0.3 is 5.32 Å². The molecule has 0 radical (unpaired) electrons. The van der Waals surface area contributed by atoms with Crippen molar-refractivity contribution in [3.05, 3.63) is 36.2 Å². The Morgan fingerprint density at radius 1 is 1.14 bits per heavy atom. The Morgan fingerprint density at radius 2 is 2.00 bits per heavy atom. The maximum atomic E-state index is 4.64. The van der Waals surface area contributed by atoms with Crippen LogP contribution in [0.2, 0.25) is 0 Å². The van der Waals surface area contributed by atoms with E-state index in [4.69, 9.17) is 0 Å². The summed E-state index contributed by atoms with van der Waals surface area (Å²) in [6.45, 7) is 4.98. The van der Waals surface area contributed by atoms with E-state index >= 15 is 0 Å². The number of aromatic nitrogens is 3. The van der Waals surface area contributed by atoms with Gasteiger partial charge in [0, 0.05) is 19.0 Å². The molecule has 2 heterocycles. The number of hydrogen-bond acceptors (Lipinski definition) is 6. The van der Waals surface area contributed by atoms with Crippen molar-refractivity contribution in [2.45, 2.75) is 29.6 Å². The maximum Gasteiger partial charge on any atom is 0.157 e. The van der Waals surface area contributed by atoms with Crippen LogP contribution >= 0.6 is 23.1 Å². The zero-order chi connectivity index (χ0) is 14.7. The molecule has 1 aromatic carbocycles. The highest BCUT2D eigenvalue weighted by Crippen LogP contribution is 2.34. The van der Waals surface area contributed by atoms with Crippen LogP contribution in [0.4, 0.5) is 5.82 Å². The van der Waals surface area contributed by atoms with Gasteiger partial charge in [0.05, 0.1) is 10.2 Å². The monoisotopic (exact) mass is 316 g/mol. The number of rotatable bonds is 5. The van der Waals surface area contributed by atoms with Crippen molar-refractivity contribution in [2.24, 2.45) is 0 Å². The largest absolute Gasteiger partial charge is 0.370 e. The van der Waals surface area contributed by atoms with Gasteiger partial charge in [-0.05, 0) is 30.8 Å². The zero-order valence-corrected chi connectivity index (χ0v) is 13.6. The van der Waals surface area contributed by atoms with E-state index in [2.05, 4.69) is 40.2 Å². The zero-order valence-electron chi connectivity index (χ0n) is 12.0. The Hall–Kier alpha value is -1.66. The van der Waals surface area contributed by atoms with Gasteiger partial charge in [0.15, 0.2) is 4.34 Å². The Bertz CT molecular complexity index is 721. The van der Waals surface area contributed by atoms with E-state index in [-0.39, 0.29) is 0 Å². The molecule has 0 bridgehead atoms. The number of anilines is 1. The SMILES string of the molecule is CCNc1cc(Sc2nc3ccccc3s2)nc(CC)n1. The third-order valence-electron chi connectivity index (χ3n) is 2.89. The summed E-state index contributed by atoms with van der Waals surface area (Å²) in [7, 11) is 0. The molecule has 3 rings (SSSR count). The molecule has 0 atom stereocenters. The first-order valence-corrected chi connectivity index (χ1v) is 8.57. The van der Waals surface area contributed by atoms with E-state index in [9.17, 15) is 0 Å². The molecule has 0 saturated heterocycles. The number of nitrogens with zero attached hydrogens (tertiary/aromatic N) is 3. The lowest BCUT2D eigenvalue weighted by Gasteiger charge is -2.06. The molecule has 1 N–H and O–H groups in total. The highest BCUT2D eigenvalue weighted by atomic mass is 32.2. The van der Waals surface area contributed by atoms with Crippen LogP contribution in [0.1, 0.15) is 19.7 Å². The number of thiazole rings is 1. The molecule has 0 aliphatic rings. The molecule has 0 aliphatic carbocycles. The minimum Gasteiger partial charge on any atom is -0.370 e. The number of hydrogen-bond donors (Lipinski definition) is 1. The predicted octanol–water partition coefficient (Wildman–Crippen LogP) is 4.23. The average Bonchev–Trinajstić information content (AvgIpc) is 2.89. The number of aryl methyl sites for hydroxylation is 1. The van der Waals surface area contributed by atoms with Crippen LogP contribution in [0, 0.1) is 0 Å². The second-order valence-electron chi connectivity index (χ2n) is 4.44. The van der Waals surface area contributed by atoms with Gasteiger partial charge in [0.25, 0.3) is 0 Å². The third-order valence-corrected chi connectivity index (χ3v) is 4.90. The average molecular weight is 316 g/mol. The Kier molecular flexibility index (Phi) is 4.36. The smallest absolute Gasteiger partial charge is 0.157 e. The quantitative estimate of drug-likeness (QED) is 0.714. The van der Waals surface area contributed by atoms with Gasteiger partial charge in [0.2, 0.25) is 0 Å². The standard InChI is InChI=1S/C15H16N4S2/c1-3-12-18-13(16-4-2)9-14(19-12)21-15-17-10-7-5-6-8-11(10)20-15/h5-9H,3-4H2,1-2H3,(H,16,18,19). The summed E-state index contributed by atoms with van der Waals surface area (Å²) in [4.78, 5) is 13.7. The highest BCUT2D eigenvalue weighted by molar-refractivity contribution is 8.01. The van der Waals surface area contributed by atoms with Gasteiger partial charge in [0.1, 0.15) is 16.7 Å². The lowest BCUT2D eigenvalue weighted by atomic mass is 10.3. The van der Waals surface area contributed by atoms with Crippen LogP contribution < -0.4 is 5.32 Å². The fourth-order valence-corrected chi connectivity index (χ4v) is 3.97. The van der Waals surface area contributed by atoms with E-state index in [1.807, 2.05) is 24.3 Å². The van der Waals surface area contributed by atoms with Crippen molar-refractivity contribution < 1.29 is 0 Å². The van der Waals surface area contributed by atoms with E-state index in [0.717, 1.165) is 39.5 Å². The van der Waals surface area contributed by atoms with Gasteiger partial charge >= 0.3 is 0 Å². The minimum atomic E-state index is 0.826. The summed E-state index contributed by atoms with van der Waals surface area (Å²) in [6, 6.07) is 10.2. The molecule has 2 aromatic heterocycles. The van der Waals surface area contributed by atoms with Gasteiger partial charge in [-0.1, -0.05) is 19.1 Å². The number of nitrogens with one attached hydrogen (secondary N) is 1. The summed E-state index contributed by atoms with van der Waals surface area (Å²) in [5.41, 5.74) is 1.04. The Morgan fingerprint density at radius 3 is 2.76 bits per heavy atom. The molecule has 6 heteroatoms. The molecule has 108 valence electrons. The van der Waals surface area contributed by atoms with E-state index in [1.165, 1.54) is 4.70 Å². The molecule has 0 aliphatic heterocycles. The minimum absolute atomic E-state index is 0.826. The lowest BCUT2D eigenvalue weighted by molar-refractivity contribution is 0.887. The normalized spacial score (nSPS) is 11.0. The maximum absolute atomic E-state index is 4.64. The van der Waals surface area contributed by atoms with Crippen LogP contribution in [0.5, 0.6) is 0 Å². The number of para-hydroxylation sites is 1. The van der Waals surface area contributed by atoms with Gasteiger partial charge in [-0.2, -0.15) is 0 Å².